The van der Waals surface area contributed by atoms with Crippen LogP contribution in [0.1, 0.15) is 35.3 Å². The number of ether oxygens (including phenoxy) is 3. The number of hydrazone groups is 1. The van der Waals surface area contributed by atoms with E-state index < -0.39 is 5.97 Å². The number of carbonyl (C=O) groups excluding carboxylic acids is 2. The molecule has 1 heterocycles. The van der Waals surface area contributed by atoms with Crippen LogP contribution in [-0.2, 0) is 9.53 Å². The summed E-state index contributed by atoms with van der Waals surface area (Å²) in [6.45, 7) is 8.41. The van der Waals surface area contributed by atoms with Crippen molar-refractivity contribution in [2.24, 2.45) is 5.10 Å². The molecule has 0 aliphatic carbocycles. The molecule has 0 unspecified atom stereocenters. The van der Waals surface area contributed by atoms with Crippen LogP contribution in [0, 0.1) is 0 Å². The average molecular weight is 575 g/mol. The molecular weight excluding hydrogens is 548 g/mol. The van der Waals surface area contributed by atoms with Crippen LogP contribution in [0.25, 0.3) is 6.08 Å². The van der Waals surface area contributed by atoms with Gasteiger partial charge in [0.1, 0.15) is 12.3 Å². The van der Waals surface area contributed by atoms with Crippen molar-refractivity contribution in [1.29, 1.82) is 0 Å². The van der Waals surface area contributed by atoms with Gasteiger partial charge in [-0.25, -0.2) is 4.79 Å². The summed E-state index contributed by atoms with van der Waals surface area (Å²) < 4.78 is 17.3. The largest absolute Gasteiger partial charge is 0.490 e. The summed E-state index contributed by atoms with van der Waals surface area (Å²) >= 11 is 3.61. The van der Waals surface area contributed by atoms with Gasteiger partial charge in [-0.05, 0) is 61.9 Å². The number of rotatable bonds is 10. The van der Waals surface area contributed by atoms with Crippen molar-refractivity contribution < 1.29 is 23.8 Å². The molecule has 0 fully saturated rings. The number of halogens is 1. The fraction of sp³-hybridized carbons (Fsp3) is 0.167. The first-order chi connectivity index (χ1) is 18.5. The summed E-state index contributed by atoms with van der Waals surface area (Å²) in [6.07, 6.45) is 3.44. The lowest BCUT2D eigenvalue weighted by Crippen LogP contribution is -2.21. The van der Waals surface area contributed by atoms with E-state index in [-0.39, 0.29) is 12.5 Å². The summed E-state index contributed by atoms with van der Waals surface area (Å²) in [7, 11) is 0. The van der Waals surface area contributed by atoms with Crippen molar-refractivity contribution in [1.82, 2.24) is 0 Å². The highest BCUT2D eigenvalue weighted by molar-refractivity contribution is 9.10. The lowest BCUT2D eigenvalue weighted by Gasteiger charge is -2.14. The van der Waals surface area contributed by atoms with Crippen LogP contribution in [0.4, 0.5) is 5.69 Å². The zero-order valence-electron chi connectivity index (χ0n) is 21.1. The van der Waals surface area contributed by atoms with Gasteiger partial charge in [-0.15, -0.1) is 0 Å². The molecule has 3 aromatic rings. The van der Waals surface area contributed by atoms with Crippen LogP contribution < -0.4 is 14.5 Å². The summed E-state index contributed by atoms with van der Waals surface area (Å²) in [5.74, 6) is 0.402. The average Bonchev–Trinajstić information content (AvgIpc) is 3.26. The molecule has 1 amide bonds. The molecule has 0 bridgehead atoms. The highest BCUT2D eigenvalue weighted by atomic mass is 79.9. The maximum atomic E-state index is 13.7. The third-order valence-electron chi connectivity index (χ3n) is 5.57. The number of anilines is 1. The second-order valence-electron chi connectivity index (χ2n) is 8.11. The van der Waals surface area contributed by atoms with Crippen molar-refractivity contribution in [3.8, 4) is 11.5 Å². The summed E-state index contributed by atoms with van der Waals surface area (Å²) in [4.78, 5) is 25.8. The van der Waals surface area contributed by atoms with E-state index in [1.165, 1.54) is 5.01 Å². The Labute approximate surface area is 230 Å². The van der Waals surface area contributed by atoms with Crippen LogP contribution in [0.2, 0.25) is 0 Å². The standard InChI is InChI=1S/C30H27BrN2O5/c1-4-16-38-27-19-25(31)22(18-26(27)36-5-2)17-24-28(20-10-8-7-9-11-20)32-33(29(24)34)23-14-12-21(13-15-23)30(35)37-6-3/h4,7-15,17-19H,1,5-6,16H2,2-3H3. The second-order valence-corrected chi connectivity index (χ2v) is 8.96. The maximum Gasteiger partial charge on any atom is 0.338 e. The van der Waals surface area contributed by atoms with Crippen LogP contribution >= 0.6 is 15.9 Å². The molecule has 8 heteroatoms. The Morgan fingerprint density at radius 3 is 2.37 bits per heavy atom. The highest BCUT2D eigenvalue weighted by Crippen LogP contribution is 2.36. The molecule has 0 N–H and O–H groups in total. The Balaban J connectivity index is 1.76. The predicted octanol–water partition coefficient (Wildman–Crippen LogP) is 6.42. The molecule has 0 saturated heterocycles. The zero-order valence-corrected chi connectivity index (χ0v) is 22.7. The Kier molecular flexibility index (Phi) is 8.76. The van der Waals surface area contributed by atoms with E-state index in [1.54, 1.807) is 43.3 Å². The highest BCUT2D eigenvalue weighted by Gasteiger charge is 2.32. The summed E-state index contributed by atoms with van der Waals surface area (Å²) in [5, 5.41) is 6.01. The lowest BCUT2D eigenvalue weighted by molar-refractivity contribution is -0.114. The molecule has 0 aromatic heterocycles. The first-order valence-electron chi connectivity index (χ1n) is 12.1. The third-order valence-corrected chi connectivity index (χ3v) is 6.25. The molecule has 1 aliphatic heterocycles. The third kappa shape index (κ3) is 5.86. The van der Waals surface area contributed by atoms with Crippen molar-refractivity contribution in [3.05, 3.63) is 106 Å². The predicted molar refractivity (Wildman–Crippen MR) is 152 cm³/mol. The molecule has 0 atom stereocenters. The van der Waals surface area contributed by atoms with E-state index in [2.05, 4.69) is 27.6 Å². The van der Waals surface area contributed by atoms with E-state index in [9.17, 15) is 9.59 Å². The monoisotopic (exact) mass is 574 g/mol. The van der Waals surface area contributed by atoms with Crippen molar-refractivity contribution in [2.75, 3.05) is 24.8 Å². The van der Waals surface area contributed by atoms with Gasteiger partial charge in [-0.1, -0.05) is 58.9 Å². The van der Waals surface area contributed by atoms with Gasteiger partial charge in [0.05, 0.1) is 30.0 Å². The molecule has 4 rings (SSSR count). The molecule has 0 radical (unpaired) electrons. The number of nitrogens with zero attached hydrogens (tertiary/aromatic N) is 2. The van der Waals surface area contributed by atoms with Gasteiger partial charge in [0.15, 0.2) is 11.5 Å². The van der Waals surface area contributed by atoms with Crippen molar-refractivity contribution >= 4 is 45.3 Å². The van der Waals surface area contributed by atoms with Gasteiger partial charge < -0.3 is 14.2 Å². The fourth-order valence-corrected chi connectivity index (χ4v) is 4.27. The smallest absolute Gasteiger partial charge is 0.338 e. The van der Waals surface area contributed by atoms with Gasteiger partial charge in [0.25, 0.3) is 5.91 Å². The number of hydrogen-bond donors (Lipinski definition) is 0. The first-order valence-corrected chi connectivity index (χ1v) is 12.9. The van der Waals surface area contributed by atoms with Crippen molar-refractivity contribution in [2.45, 2.75) is 13.8 Å². The van der Waals surface area contributed by atoms with E-state index in [1.807, 2.05) is 49.4 Å². The second kappa shape index (κ2) is 12.4. The number of carbonyl (C=O) groups is 2. The first kappa shape index (κ1) is 26.9. The van der Waals surface area contributed by atoms with E-state index in [0.717, 1.165) is 15.6 Å². The lowest BCUT2D eigenvalue weighted by atomic mass is 10.00. The Hall–Kier alpha value is -4.17. The minimum absolute atomic E-state index is 0.284. The van der Waals surface area contributed by atoms with Crippen LogP contribution in [-0.4, -0.2) is 37.4 Å². The molecule has 1 aliphatic rings. The van der Waals surface area contributed by atoms with E-state index in [0.29, 0.717) is 47.2 Å². The minimum atomic E-state index is -0.420. The van der Waals surface area contributed by atoms with Crippen molar-refractivity contribution in [3.63, 3.8) is 0 Å². The molecule has 194 valence electrons. The summed E-state index contributed by atoms with van der Waals surface area (Å²) in [5.41, 5.74) is 3.39. The van der Waals surface area contributed by atoms with Gasteiger partial charge >= 0.3 is 5.97 Å². The summed E-state index contributed by atoms with van der Waals surface area (Å²) in [6, 6.07) is 19.7. The topological polar surface area (TPSA) is 77.4 Å². The van der Waals surface area contributed by atoms with Crippen LogP contribution in [0.3, 0.4) is 0 Å². The van der Waals surface area contributed by atoms with Gasteiger partial charge in [-0.2, -0.15) is 10.1 Å². The van der Waals surface area contributed by atoms with Gasteiger partial charge in [-0.3, -0.25) is 4.79 Å². The number of amides is 1. The fourth-order valence-electron chi connectivity index (χ4n) is 3.83. The zero-order chi connectivity index (χ0) is 27.1. The Morgan fingerprint density at radius 1 is 1.00 bits per heavy atom. The Bertz CT molecular complexity index is 1400. The Morgan fingerprint density at radius 2 is 1.71 bits per heavy atom. The SMILES string of the molecule is C=CCOc1cc(Br)c(C=C2C(=O)N(c3ccc(C(=O)OCC)cc3)N=C2c2ccccc2)cc1OCC. The van der Waals surface area contributed by atoms with Gasteiger partial charge in [0.2, 0.25) is 0 Å². The molecule has 3 aromatic carbocycles. The molecule has 38 heavy (non-hydrogen) atoms. The normalized spacial score (nSPS) is 13.9. The quantitative estimate of drug-likeness (QED) is 0.158. The maximum absolute atomic E-state index is 13.7. The molecule has 0 saturated carbocycles. The molecular formula is C30H27BrN2O5. The van der Waals surface area contributed by atoms with E-state index in [4.69, 9.17) is 14.2 Å². The van der Waals surface area contributed by atoms with Crippen LogP contribution in [0.15, 0.2) is 94.5 Å². The number of hydrogen-bond acceptors (Lipinski definition) is 6. The van der Waals surface area contributed by atoms with Gasteiger partial charge in [0, 0.05) is 10.0 Å². The van der Waals surface area contributed by atoms with Crippen LogP contribution in [0.5, 0.6) is 11.5 Å². The number of benzene rings is 3. The molecule has 0 spiro atoms. The molecule has 7 nitrogen and oxygen atoms in total. The number of esters is 1. The minimum Gasteiger partial charge on any atom is -0.490 e. The van der Waals surface area contributed by atoms with E-state index >= 15 is 0 Å².